The Morgan fingerprint density at radius 1 is 1.38 bits per heavy atom. The van der Waals surface area contributed by atoms with Crippen molar-refractivity contribution < 1.29 is 23.5 Å². The summed E-state index contributed by atoms with van der Waals surface area (Å²) in [5.41, 5.74) is 0.978. The maximum absolute atomic E-state index is 12.4. The van der Waals surface area contributed by atoms with Gasteiger partial charge < -0.3 is 19.8 Å². The molecule has 2 atom stereocenters. The molecule has 2 aliphatic rings. The van der Waals surface area contributed by atoms with E-state index < -0.39 is 6.09 Å². The fourth-order valence-corrected chi connectivity index (χ4v) is 3.38. The lowest BCUT2D eigenvalue weighted by atomic mass is 10.1. The van der Waals surface area contributed by atoms with E-state index in [0.29, 0.717) is 39.2 Å². The van der Waals surface area contributed by atoms with E-state index in [1.807, 2.05) is 17.9 Å². The van der Waals surface area contributed by atoms with Crippen LogP contribution in [0.15, 0.2) is 23.0 Å². The molecule has 142 valence electrons. The Morgan fingerprint density at radius 2 is 2.23 bits per heavy atom. The summed E-state index contributed by atoms with van der Waals surface area (Å²) in [5, 5.41) is 5.78. The highest BCUT2D eigenvalue weighted by Crippen LogP contribution is 2.21. The molecule has 1 aromatic rings. The second-order valence-electron chi connectivity index (χ2n) is 6.51. The fourth-order valence-electron chi connectivity index (χ4n) is 3.38. The number of carbonyl (C=O) groups is 3. The number of furan rings is 1. The summed E-state index contributed by atoms with van der Waals surface area (Å²) in [5.74, 6) is -0.287. The average Bonchev–Trinajstić information content (AvgIpc) is 3.32. The number of likely N-dealkylation sites (tertiary alicyclic amines) is 1. The van der Waals surface area contributed by atoms with Crippen LogP contribution in [0.1, 0.15) is 18.9 Å². The number of nitrogens with zero attached hydrogens (tertiary/aromatic N) is 2. The molecule has 0 spiro atoms. The lowest BCUT2D eigenvalue weighted by Crippen LogP contribution is -2.43. The van der Waals surface area contributed by atoms with Crippen LogP contribution in [0.25, 0.3) is 0 Å². The van der Waals surface area contributed by atoms with Crippen LogP contribution in [0.4, 0.5) is 4.79 Å². The summed E-state index contributed by atoms with van der Waals surface area (Å²) in [4.78, 5) is 39.5. The largest absolute Gasteiger partial charge is 0.472 e. The van der Waals surface area contributed by atoms with Gasteiger partial charge in [-0.2, -0.15) is 0 Å². The minimum absolute atomic E-state index is 0.0249. The molecule has 9 heteroatoms. The number of amides is 3. The van der Waals surface area contributed by atoms with Crippen molar-refractivity contribution in [2.45, 2.75) is 32.0 Å². The highest BCUT2D eigenvalue weighted by molar-refractivity contribution is 5.84. The predicted molar refractivity (Wildman–Crippen MR) is 91.1 cm³/mol. The molecule has 0 aliphatic carbocycles. The molecule has 3 rings (SSSR count). The standard InChI is InChI=1S/C17H24N4O5/c1-2-18-16(23)14-7-13(9-21(14)8-12-3-5-25-11-12)19-15(22)10-20-4-6-26-17(20)24/h3,5,11,13-14H,2,4,6-10H2,1H3,(H,18,23)(H,19,22)/t13-,14+/m1/s1. The van der Waals surface area contributed by atoms with Crippen molar-refractivity contribution in [3.8, 4) is 0 Å². The fraction of sp³-hybridized carbons (Fsp3) is 0.588. The zero-order valence-electron chi connectivity index (χ0n) is 14.8. The second-order valence-corrected chi connectivity index (χ2v) is 6.51. The molecule has 3 amide bonds. The van der Waals surface area contributed by atoms with E-state index in [4.69, 9.17) is 9.15 Å². The minimum Gasteiger partial charge on any atom is -0.472 e. The smallest absolute Gasteiger partial charge is 0.410 e. The third kappa shape index (κ3) is 4.34. The molecule has 2 fully saturated rings. The summed E-state index contributed by atoms with van der Waals surface area (Å²) >= 11 is 0. The van der Waals surface area contributed by atoms with Gasteiger partial charge in [0.05, 0.1) is 25.1 Å². The van der Waals surface area contributed by atoms with E-state index in [0.717, 1.165) is 5.56 Å². The number of ether oxygens (including phenoxy) is 1. The van der Waals surface area contributed by atoms with Crippen LogP contribution >= 0.6 is 0 Å². The van der Waals surface area contributed by atoms with Gasteiger partial charge in [-0.05, 0) is 19.4 Å². The van der Waals surface area contributed by atoms with E-state index >= 15 is 0 Å². The molecule has 0 aromatic carbocycles. The third-order valence-electron chi connectivity index (χ3n) is 4.57. The summed E-state index contributed by atoms with van der Waals surface area (Å²) in [6.07, 6.45) is 3.31. The zero-order chi connectivity index (χ0) is 18.5. The van der Waals surface area contributed by atoms with Crippen LogP contribution in [-0.4, -0.2) is 72.6 Å². The average molecular weight is 364 g/mol. The van der Waals surface area contributed by atoms with Crippen molar-refractivity contribution >= 4 is 17.9 Å². The molecule has 0 saturated carbocycles. The quantitative estimate of drug-likeness (QED) is 0.702. The molecule has 0 radical (unpaired) electrons. The zero-order valence-corrected chi connectivity index (χ0v) is 14.8. The number of hydrogen-bond acceptors (Lipinski definition) is 6. The second kappa shape index (κ2) is 8.22. The minimum atomic E-state index is -0.464. The lowest BCUT2D eigenvalue weighted by molar-refractivity contribution is -0.125. The summed E-state index contributed by atoms with van der Waals surface area (Å²) < 4.78 is 9.92. The van der Waals surface area contributed by atoms with Gasteiger partial charge in [-0.1, -0.05) is 0 Å². The van der Waals surface area contributed by atoms with Crippen LogP contribution in [-0.2, 0) is 20.9 Å². The van der Waals surface area contributed by atoms with Crippen molar-refractivity contribution in [3.63, 3.8) is 0 Å². The molecule has 0 unspecified atom stereocenters. The van der Waals surface area contributed by atoms with Gasteiger partial charge in [-0.25, -0.2) is 4.79 Å². The predicted octanol–water partition coefficient (Wildman–Crippen LogP) is -0.0730. The molecule has 2 aliphatic heterocycles. The van der Waals surface area contributed by atoms with Gasteiger partial charge in [-0.3, -0.25) is 19.4 Å². The normalized spacial score (nSPS) is 23.1. The molecule has 0 bridgehead atoms. The molecule has 26 heavy (non-hydrogen) atoms. The van der Waals surface area contributed by atoms with Gasteiger partial charge >= 0.3 is 6.09 Å². The van der Waals surface area contributed by atoms with E-state index in [9.17, 15) is 14.4 Å². The van der Waals surface area contributed by atoms with Crippen LogP contribution in [0, 0.1) is 0 Å². The van der Waals surface area contributed by atoms with Crippen molar-refractivity contribution in [3.05, 3.63) is 24.2 Å². The molecule has 2 saturated heterocycles. The number of hydrogen-bond donors (Lipinski definition) is 2. The molecule has 1 aromatic heterocycles. The van der Waals surface area contributed by atoms with Crippen molar-refractivity contribution in [2.75, 3.05) is 32.8 Å². The van der Waals surface area contributed by atoms with Crippen molar-refractivity contribution in [1.82, 2.24) is 20.4 Å². The molecular formula is C17H24N4O5. The Balaban J connectivity index is 1.58. The van der Waals surface area contributed by atoms with Gasteiger partial charge in [0.2, 0.25) is 11.8 Å². The summed E-state index contributed by atoms with van der Waals surface area (Å²) in [6.45, 7) is 4.28. The number of likely N-dealkylation sites (N-methyl/N-ethyl adjacent to an activating group) is 1. The third-order valence-corrected chi connectivity index (χ3v) is 4.57. The Labute approximate surface area is 151 Å². The van der Waals surface area contributed by atoms with Crippen molar-refractivity contribution in [2.24, 2.45) is 0 Å². The Hall–Kier alpha value is -2.55. The van der Waals surface area contributed by atoms with Crippen LogP contribution in [0.5, 0.6) is 0 Å². The number of carbonyl (C=O) groups excluding carboxylic acids is 3. The van der Waals surface area contributed by atoms with E-state index in [1.165, 1.54) is 4.90 Å². The summed E-state index contributed by atoms with van der Waals surface area (Å²) in [7, 11) is 0. The first-order valence-corrected chi connectivity index (χ1v) is 8.80. The van der Waals surface area contributed by atoms with Crippen LogP contribution in [0.3, 0.4) is 0 Å². The van der Waals surface area contributed by atoms with E-state index in [1.54, 1.807) is 12.5 Å². The number of cyclic esters (lactones) is 1. The van der Waals surface area contributed by atoms with Crippen molar-refractivity contribution in [1.29, 1.82) is 0 Å². The van der Waals surface area contributed by atoms with E-state index in [-0.39, 0.29) is 30.4 Å². The maximum Gasteiger partial charge on any atom is 0.410 e. The van der Waals surface area contributed by atoms with Gasteiger partial charge in [0.25, 0.3) is 0 Å². The van der Waals surface area contributed by atoms with Gasteiger partial charge in [-0.15, -0.1) is 0 Å². The molecule has 9 nitrogen and oxygen atoms in total. The molecule has 2 N–H and O–H groups in total. The molecular weight excluding hydrogens is 340 g/mol. The highest BCUT2D eigenvalue weighted by atomic mass is 16.6. The van der Waals surface area contributed by atoms with Crippen LogP contribution in [0.2, 0.25) is 0 Å². The molecule has 3 heterocycles. The summed E-state index contributed by atoms with van der Waals surface area (Å²) in [6, 6.07) is 1.40. The van der Waals surface area contributed by atoms with E-state index in [2.05, 4.69) is 10.6 Å². The first-order chi connectivity index (χ1) is 12.6. The first kappa shape index (κ1) is 18.2. The lowest BCUT2D eigenvalue weighted by Gasteiger charge is -2.22. The topological polar surface area (TPSA) is 104 Å². The first-order valence-electron chi connectivity index (χ1n) is 8.80. The Bertz CT molecular complexity index is 648. The SMILES string of the molecule is CCNC(=O)[C@@H]1C[C@@H](NC(=O)CN2CCOC2=O)CN1Cc1ccoc1. The Kier molecular flexibility index (Phi) is 5.77. The highest BCUT2D eigenvalue weighted by Gasteiger charge is 2.37. The number of nitrogens with one attached hydrogen (secondary N) is 2. The van der Waals surface area contributed by atoms with Crippen LogP contribution < -0.4 is 10.6 Å². The van der Waals surface area contributed by atoms with Gasteiger partial charge in [0, 0.05) is 31.2 Å². The van der Waals surface area contributed by atoms with Gasteiger partial charge in [0.1, 0.15) is 13.2 Å². The monoisotopic (exact) mass is 364 g/mol. The maximum atomic E-state index is 12.4. The Morgan fingerprint density at radius 3 is 2.88 bits per heavy atom. The van der Waals surface area contributed by atoms with Gasteiger partial charge in [0.15, 0.2) is 0 Å². The number of rotatable bonds is 7.